The van der Waals surface area contributed by atoms with E-state index in [0.29, 0.717) is 5.92 Å². The summed E-state index contributed by atoms with van der Waals surface area (Å²) < 4.78 is 0. The third-order valence-corrected chi connectivity index (χ3v) is 3.31. The second-order valence-corrected chi connectivity index (χ2v) is 4.67. The molecule has 1 aromatic carbocycles. The van der Waals surface area contributed by atoms with E-state index in [1.807, 2.05) is 6.07 Å². The normalized spacial score (nSPS) is 12.3. The predicted octanol–water partition coefficient (Wildman–Crippen LogP) is 4.26. The Morgan fingerprint density at radius 3 is 2.50 bits per heavy atom. The monoisotopic (exact) mass is 242 g/mol. The summed E-state index contributed by atoms with van der Waals surface area (Å²) >= 11 is 12.8. The van der Waals surface area contributed by atoms with Crippen LogP contribution < -0.4 is 0 Å². The molecule has 0 nitrogen and oxygen atoms in total. The maximum absolute atomic E-state index is 4.38. The Hall–Kier alpha value is 0.01000. The van der Waals surface area contributed by atoms with Crippen molar-refractivity contribution in [2.24, 2.45) is 0 Å². The van der Waals surface area contributed by atoms with Crippen molar-refractivity contribution in [3.8, 4) is 0 Å². The zero-order valence-corrected chi connectivity index (χ0v) is 10.9. The number of thiol groups is 3. The molecule has 0 saturated carbocycles. The Balaban J connectivity index is 3.22. The van der Waals surface area contributed by atoms with Crippen LogP contribution in [0.15, 0.2) is 28.5 Å². The highest BCUT2D eigenvalue weighted by Gasteiger charge is 2.05. The molecule has 0 fully saturated rings. The lowest BCUT2D eigenvalue weighted by Gasteiger charge is -2.10. The fraction of sp³-hybridized carbons (Fsp3) is 0.273. The molecule has 0 N–H and O–H groups in total. The Morgan fingerprint density at radius 2 is 2.00 bits per heavy atom. The highest BCUT2D eigenvalue weighted by atomic mass is 32.1. The third-order valence-electron chi connectivity index (χ3n) is 2.09. The Bertz CT molecular complexity index is 354. The quantitative estimate of drug-likeness (QED) is 0.634. The zero-order chi connectivity index (χ0) is 10.7. The van der Waals surface area contributed by atoms with Crippen molar-refractivity contribution in [2.75, 3.05) is 0 Å². The van der Waals surface area contributed by atoms with Crippen molar-refractivity contribution in [1.82, 2.24) is 0 Å². The van der Waals surface area contributed by atoms with Crippen LogP contribution in [0.3, 0.4) is 0 Å². The smallest absolute Gasteiger partial charge is 0.0184 e. The lowest BCUT2D eigenvalue weighted by molar-refractivity contribution is 0.864. The van der Waals surface area contributed by atoms with E-state index in [2.05, 4.69) is 63.9 Å². The largest absolute Gasteiger partial charge is 0.150 e. The van der Waals surface area contributed by atoms with Crippen molar-refractivity contribution in [1.29, 1.82) is 0 Å². The molecule has 0 amide bonds. The van der Waals surface area contributed by atoms with E-state index < -0.39 is 0 Å². The average molecular weight is 242 g/mol. The van der Waals surface area contributed by atoms with Crippen molar-refractivity contribution < 1.29 is 0 Å². The summed E-state index contributed by atoms with van der Waals surface area (Å²) in [4.78, 5) is 1.78. The molecule has 76 valence electrons. The second-order valence-electron chi connectivity index (χ2n) is 3.45. The van der Waals surface area contributed by atoms with Gasteiger partial charge in [0.15, 0.2) is 0 Å². The lowest BCUT2D eigenvalue weighted by atomic mass is 10.0. The summed E-state index contributed by atoms with van der Waals surface area (Å²) in [6, 6.07) is 6.21. The molecular formula is C11H14S3. The van der Waals surface area contributed by atoms with Crippen LogP contribution >= 0.6 is 37.9 Å². The van der Waals surface area contributed by atoms with Crippen LogP contribution in [-0.2, 0) is 0 Å². The van der Waals surface area contributed by atoms with Gasteiger partial charge in [-0.1, -0.05) is 19.9 Å². The highest BCUT2D eigenvalue weighted by molar-refractivity contribution is 7.93. The van der Waals surface area contributed by atoms with Crippen molar-refractivity contribution in [3.63, 3.8) is 0 Å². The first-order valence-electron chi connectivity index (χ1n) is 4.43. The molecule has 0 aromatic heterocycles. The zero-order valence-electron chi connectivity index (χ0n) is 8.23. The molecule has 0 heterocycles. The fourth-order valence-corrected chi connectivity index (χ4v) is 1.86. The minimum Gasteiger partial charge on any atom is -0.150 e. The van der Waals surface area contributed by atoms with Crippen molar-refractivity contribution in [3.05, 3.63) is 34.7 Å². The van der Waals surface area contributed by atoms with E-state index in [9.17, 15) is 0 Å². The first-order valence-corrected chi connectivity index (χ1v) is 5.84. The molecule has 0 spiro atoms. The summed E-state index contributed by atoms with van der Waals surface area (Å²) in [7, 11) is 0. The first kappa shape index (κ1) is 12.1. The molecule has 1 aromatic rings. The fourth-order valence-electron chi connectivity index (χ4n) is 1.19. The number of hydrogen-bond acceptors (Lipinski definition) is 3. The van der Waals surface area contributed by atoms with Gasteiger partial charge in [0.05, 0.1) is 0 Å². The van der Waals surface area contributed by atoms with E-state index in [1.165, 1.54) is 5.56 Å². The SMILES string of the molecule is CC(C)c1ccc(S)c(C(S)=CS)c1. The Labute approximate surface area is 102 Å². The Kier molecular flexibility index (Phi) is 4.48. The molecule has 1 rings (SSSR count). The van der Waals surface area contributed by atoms with E-state index in [4.69, 9.17) is 0 Å². The van der Waals surface area contributed by atoms with Crippen molar-refractivity contribution in [2.45, 2.75) is 24.7 Å². The van der Waals surface area contributed by atoms with Gasteiger partial charge in [-0.2, -0.15) is 12.6 Å². The minimum absolute atomic E-state index is 0.517. The first-order chi connectivity index (χ1) is 6.56. The van der Waals surface area contributed by atoms with Crippen LogP contribution in [0.1, 0.15) is 30.9 Å². The number of benzene rings is 1. The van der Waals surface area contributed by atoms with Gasteiger partial charge in [0.2, 0.25) is 0 Å². The molecule has 3 heteroatoms. The molecule has 0 radical (unpaired) electrons. The van der Waals surface area contributed by atoms with Crippen LogP contribution in [0, 0.1) is 0 Å². The average Bonchev–Trinajstić information content (AvgIpc) is 2.17. The molecule has 0 bridgehead atoms. The summed E-state index contributed by atoms with van der Waals surface area (Å²) in [5, 5.41) is 1.68. The maximum atomic E-state index is 4.38. The van der Waals surface area contributed by atoms with Crippen LogP contribution in [-0.4, -0.2) is 0 Å². The number of rotatable bonds is 2. The van der Waals surface area contributed by atoms with Crippen LogP contribution in [0.5, 0.6) is 0 Å². The van der Waals surface area contributed by atoms with Gasteiger partial charge in [0.25, 0.3) is 0 Å². The molecule has 0 aliphatic carbocycles. The second kappa shape index (κ2) is 5.19. The van der Waals surface area contributed by atoms with Crippen LogP contribution in [0.2, 0.25) is 0 Å². The van der Waals surface area contributed by atoms with E-state index in [0.717, 1.165) is 15.4 Å². The van der Waals surface area contributed by atoms with Crippen LogP contribution in [0.4, 0.5) is 0 Å². The summed E-state index contributed by atoms with van der Waals surface area (Å²) in [5.41, 5.74) is 2.33. The van der Waals surface area contributed by atoms with Crippen LogP contribution in [0.25, 0.3) is 4.91 Å². The lowest BCUT2D eigenvalue weighted by Crippen LogP contribution is -1.90. The minimum atomic E-state index is 0.517. The van der Waals surface area contributed by atoms with E-state index in [1.54, 1.807) is 5.41 Å². The maximum Gasteiger partial charge on any atom is 0.0184 e. The van der Waals surface area contributed by atoms with Gasteiger partial charge in [-0.05, 0) is 29.0 Å². The third kappa shape index (κ3) is 2.75. The van der Waals surface area contributed by atoms with Gasteiger partial charge < -0.3 is 0 Å². The molecular weight excluding hydrogens is 228 g/mol. The molecule has 14 heavy (non-hydrogen) atoms. The summed E-state index contributed by atoms with van der Waals surface area (Å²) in [5.74, 6) is 0.517. The van der Waals surface area contributed by atoms with Gasteiger partial charge in [-0.15, -0.1) is 25.3 Å². The van der Waals surface area contributed by atoms with E-state index in [-0.39, 0.29) is 0 Å². The van der Waals surface area contributed by atoms with Gasteiger partial charge in [-0.25, -0.2) is 0 Å². The summed E-state index contributed by atoms with van der Waals surface area (Å²) in [6.07, 6.45) is 0. The Morgan fingerprint density at radius 1 is 1.36 bits per heavy atom. The molecule has 0 saturated heterocycles. The molecule has 0 unspecified atom stereocenters. The number of hydrogen-bond donors (Lipinski definition) is 3. The van der Waals surface area contributed by atoms with Gasteiger partial charge in [0, 0.05) is 15.4 Å². The molecule has 0 aliphatic rings. The molecule has 0 aliphatic heterocycles. The topological polar surface area (TPSA) is 0 Å². The summed E-state index contributed by atoms with van der Waals surface area (Å²) in [6.45, 7) is 4.33. The predicted molar refractivity (Wildman–Crippen MR) is 73.7 cm³/mol. The van der Waals surface area contributed by atoms with E-state index >= 15 is 0 Å². The highest BCUT2D eigenvalue weighted by Crippen LogP contribution is 2.29. The molecule has 0 atom stereocenters. The van der Waals surface area contributed by atoms with Gasteiger partial charge >= 0.3 is 0 Å². The standard InChI is InChI=1S/C11H14S3/c1-7(2)8-3-4-10(13)9(5-8)11(14)6-12/h3-7,12-14H,1-2H3. The van der Waals surface area contributed by atoms with Crippen molar-refractivity contribution >= 4 is 42.8 Å². The van der Waals surface area contributed by atoms with Gasteiger partial charge in [0.1, 0.15) is 0 Å². The van der Waals surface area contributed by atoms with Gasteiger partial charge in [-0.3, -0.25) is 0 Å².